The first kappa shape index (κ1) is 18.3. The SMILES string of the molecule is O=C(NC(=S)Nc1ccc(Cc2nc3ccccc3s2)cc1)c1ccccc1. The summed E-state index contributed by atoms with van der Waals surface area (Å²) in [6.07, 6.45) is 0.787. The van der Waals surface area contributed by atoms with Crippen molar-refractivity contribution in [3.8, 4) is 0 Å². The van der Waals surface area contributed by atoms with Gasteiger partial charge >= 0.3 is 0 Å². The summed E-state index contributed by atoms with van der Waals surface area (Å²) in [6.45, 7) is 0. The number of nitrogens with zero attached hydrogens (tertiary/aromatic N) is 1. The largest absolute Gasteiger partial charge is 0.332 e. The molecule has 4 nitrogen and oxygen atoms in total. The van der Waals surface area contributed by atoms with Crippen LogP contribution in [0.15, 0.2) is 78.9 Å². The highest BCUT2D eigenvalue weighted by Crippen LogP contribution is 2.24. The van der Waals surface area contributed by atoms with Gasteiger partial charge in [0.15, 0.2) is 5.11 Å². The molecule has 0 radical (unpaired) electrons. The molecule has 0 aliphatic carbocycles. The summed E-state index contributed by atoms with van der Waals surface area (Å²) in [5, 5.41) is 7.09. The van der Waals surface area contributed by atoms with Crippen LogP contribution in [0.3, 0.4) is 0 Å². The van der Waals surface area contributed by atoms with Crippen molar-refractivity contribution in [3.05, 3.63) is 95.0 Å². The van der Waals surface area contributed by atoms with E-state index in [1.54, 1.807) is 23.5 Å². The Hall–Kier alpha value is -3.09. The van der Waals surface area contributed by atoms with E-state index in [0.29, 0.717) is 5.56 Å². The van der Waals surface area contributed by atoms with Gasteiger partial charge in [-0.05, 0) is 54.2 Å². The average molecular weight is 404 g/mol. The lowest BCUT2D eigenvalue weighted by atomic mass is 10.1. The molecule has 0 saturated heterocycles. The molecule has 4 aromatic rings. The van der Waals surface area contributed by atoms with Crippen LogP contribution in [-0.4, -0.2) is 16.0 Å². The third-order valence-corrected chi connectivity index (χ3v) is 5.41. The Morgan fingerprint density at radius 3 is 2.39 bits per heavy atom. The number of thiocarbonyl (C=S) groups is 1. The van der Waals surface area contributed by atoms with E-state index in [1.807, 2.05) is 60.7 Å². The van der Waals surface area contributed by atoms with Crippen LogP contribution in [0.1, 0.15) is 20.9 Å². The molecular weight excluding hydrogens is 386 g/mol. The molecule has 0 atom stereocenters. The number of para-hydroxylation sites is 1. The molecule has 3 aromatic carbocycles. The zero-order chi connectivity index (χ0) is 19.3. The lowest BCUT2D eigenvalue weighted by Gasteiger charge is -2.10. The van der Waals surface area contributed by atoms with Crippen LogP contribution in [0.2, 0.25) is 0 Å². The van der Waals surface area contributed by atoms with E-state index in [2.05, 4.69) is 21.7 Å². The Labute approximate surface area is 172 Å². The van der Waals surface area contributed by atoms with Crippen LogP contribution >= 0.6 is 23.6 Å². The van der Waals surface area contributed by atoms with Crippen molar-refractivity contribution in [2.45, 2.75) is 6.42 Å². The first-order valence-electron chi connectivity index (χ1n) is 8.78. The standard InChI is InChI=1S/C22H17N3OS2/c26-21(16-6-2-1-3-7-16)25-22(27)23-17-12-10-15(11-13-17)14-20-24-18-8-4-5-9-19(18)28-20/h1-13H,14H2,(H2,23,25,26,27). The second-order valence-corrected chi connectivity index (χ2v) is 7.75. The van der Waals surface area contributed by atoms with Crippen LogP contribution in [0, 0.1) is 0 Å². The van der Waals surface area contributed by atoms with E-state index in [0.717, 1.165) is 22.6 Å². The first-order valence-corrected chi connectivity index (χ1v) is 10.0. The Bertz CT molecular complexity index is 1090. The number of thiazole rings is 1. The third-order valence-electron chi connectivity index (χ3n) is 4.17. The van der Waals surface area contributed by atoms with Crippen molar-refractivity contribution >= 4 is 50.5 Å². The average Bonchev–Trinajstić information content (AvgIpc) is 3.12. The molecule has 0 unspecified atom stereocenters. The number of carbonyl (C=O) groups excluding carboxylic acids is 1. The maximum Gasteiger partial charge on any atom is 0.257 e. The fourth-order valence-electron chi connectivity index (χ4n) is 2.80. The first-order chi connectivity index (χ1) is 13.7. The van der Waals surface area contributed by atoms with E-state index < -0.39 is 0 Å². The van der Waals surface area contributed by atoms with Crippen molar-refractivity contribution in [1.29, 1.82) is 0 Å². The summed E-state index contributed by atoms with van der Waals surface area (Å²) < 4.78 is 1.20. The minimum atomic E-state index is -0.231. The number of amides is 1. The molecule has 1 amide bonds. The smallest absolute Gasteiger partial charge is 0.257 e. The number of hydrogen-bond donors (Lipinski definition) is 2. The summed E-state index contributed by atoms with van der Waals surface area (Å²) in [6, 6.07) is 25.1. The molecule has 1 heterocycles. The minimum absolute atomic E-state index is 0.231. The predicted octanol–water partition coefficient (Wildman–Crippen LogP) is 5.01. The van der Waals surface area contributed by atoms with E-state index in [1.165, 1.54) is 10.3 Å². The molecule has 138 valence electrons. The molecule has 0 fully saturated rings. The van der Waals surface area contributed by atoms with E-state index >= 15 is 0 Å². The summed E-state index contributed by atoms with van der Waals surface area (Å²) >= 11 is 6.95. The fourth-order valence-corrected chi connectivity index (χ4v) is 4.02. The highest BCUT2D eigenvalue weighted by Gasteiger charge is 2.08. The van der Waals surface area contributed by atoms with Gasteiger partial charge < -0.3 is 5.32 Å². The molecule has 0 saturated carbocycles. The molecule has 0 aliphatic heterocycles. The van der Waals surface area contributed by atoms with Gasteiger partial charge in [-0.3, -0.25) is 10.1 Å². The molecular formula is C22H17N3OS2. The topological polar surface area (TPSA) is 54.0 Å². The number of rotatable bonds is 4. The Morgan fingerprint density at radius 2 is 1.64 bits per heavy atom. The third kappa shape index (κ3) is 4.42. The van der Waals surface area contributed by atoms with Crippen molar-refractivity contribution in [1.82, 2.24) is 10.3 Å². The van der Waals surface area contributed by atoms with Crippen LogP contribution < -0.4 is 10.6 Å². The van der Waals surface area contributed by atoms with Gasteiger partial charge in [-0.2, -0.15) is 0 Å². The van der Waals surface area contributed by atoms with Gasteiger partial charge in [0.2, 0.25) is 0 Å². The minimum Gasteiger partial charge on any atom is -0.332 e. The van der Waals surface area contributed by atoms with Crippen LogP contribution in [0.4, 0.5) is 5.69 Å². The van der Waals surface area contributed by atoms with Crippen LogP contribution in [0.25, 0.3) is 10.2 Å². The van der Waals surface area contributed by atoms with Crippen molar-refractivity contribution in [3.63, 3.8) is 0 Å². The Morgan fingerprint density at radius 1 is 0.929 bits per heavy atom. The maximum absolute atomic E-state index is 12.1. The molecule has 28 heavy (non-hydrogen) atoms. The maximum atomic E-state index is 12.1. The van der Waals surface area contributed by atoms with E-state index in [4.69, 9.17) is 12.2 Å². The lowest BCUT2D eigenvalue weighted by Crippen LogP contribution is -2.34. The van der Waals surface area contributed by atoms with Crippen molar-refractivity contribution in [2.24, 2.45) is 0 Å². The number of benzene rings is 3. The molecule has 0 spiro atoms. The molecule has 1 aromatic heterocycles. The summed E-state index contributed by atoms with van der Waals surface area (Å²) in [7, 11) is 0. The lowest BCUT2D eigenvalue weighted by molar-refractivity contribution is 0.0977. The number of hydrogen-bond acceptors (Lipinski definition) is 4. The fraction of sp³-hybridized carbons (Fsp3) is 0.0455. The zero-order valence-electron chi connectivity index (χ0n) is 14.9. The van der Waals surface area contributed by atoms with Gasteiger partial charge in [0.05, 0.1) is 15.2 Å². The van der Waals surface area contributed by atoms with Gasteiger partial charge in [-0.1, -0.05) is 42.5 Å². The number of fused-ring (bicyclic) bond motifs is 1. The Balaban J connectivity index is 1.36. The number of nitrogens with one attached hydrogen (secondary N) is 2. The predicted molar refractivity (Wildman–Crippen MR) is 119 cm³/mol. The quantitative estimate of drug-likeness (QED) is 0.470. The molecule has 0 aliphatic rings. The molecule has 0 bridgehead atoms. The second-order valence-electron chi connectivity index (χ2n) is 6.22. The van der Waals surface area contributed by atoms with E-state index in [-0.39, 0.29) is 11.0 Å². The van der Waals surface area contributed by atoms with Gasteiger partial charge in [-0.15, -0.1) is 11.3 Å². The summed E-state index contributed by atoms with van der Waals surface area (Å²) in [5.74, 6) is -0.231. The normalized spacial score (nSPS) is 10.6. The van der Waals surface area contributed by atoms with Crippen molar-refractivity contribution < 1.29 is 4.79 Å². The molecule has 6 heteroatoms. The van der Waals surface area contributed by atoms with Gasteiger partial charge in [0, 0.05) is 17.7 Å². The van der Waals surface area contributed by atoms with Gasteiger partial charge in [-0.25, -0.2) is 4.98 Å². The van der Waals surface area contributed by atoms with Gasteiger partial charge in [0.25, 0.3) is 5.91 Å². The van der Waals surface area contributed by atoms with E-state index in [9.17, 15) is 4.79 Å². The molecule has 2 N–H and O–H groups in total. The van der Waals surface area contributed by atoms with Crippen molar-refractivity contribution in [2.75, 3.05) is 5.32 Å². The second kappa shape index (κ2) is 8.29. The van der Waals surface area contributed by atoms with Crippen LogP contribution in [0.5, 0.6) is 0 Å². The number of anilines is 1. The zero-order valence-corrected chi connectivity index (χ0v) is 16.5. The van der Waals surface area contributed by atoms with Gasteiger partial charge in [0.1, 0.15) is 0 Å². The van der Waals surface area contributed by atoms with Crippen LogP contribution in [-0.2, 0) is 6.42 Å². The monoisotopic (exact) mass is 403 g/mol. The highest BCUT2D eigenvalue weighted by molar-refractivity contribution is 7.80. The molecule has 4 rings (SSSR count). The number of aromatic nitrogens is 1. The summed E-state index contributed by atoms with van der Waals surface area (Å²) in [5.41, 5.74) is 3.60. The number of carbonyl (C=O) groups is 1. The summed E-state index contributed by atoms with van der Waals surface area (Å²) in [4.78, 5) is 16.8. The highest BCUT2D eigenvalue weighted by atomic mass is 32.1. The Kier molecular flexibility index (Phi) is 5.41.